The van der Waals surface area contributed by atoms with Gasteiger partial charge in [-0.15, -0.1) is 0 Å². The van der Waals surface area contributed by atoms with Crippen molar-refractivity contribution in [1.29, 1.82) is 0 Å². The number of aromatic nitrogens is 3. The second-order valence-electron chi connectivity index (χ2n) is 2.72. The predicted octanol–water partition coefficient (Wildman–Crippen LogP) is -0.410. The third-order valence-corrected chi connectivity index (χ3v) is 1.63. The van der Waals surface area contributed by atoms with Gasteiger partial charge >= 0.3 is 0 Å². The number of alkyl halides is 1. The summed E-state index contributed by atoms with van der Waals surface area (Å²) in [6, 6.07) is -0.632. The van der Waals surface area contributed by atoms with Crippen LogP contribution >= 0.6 is 0 Å². The summed E-state index contributed by atoms with van der Waals surface area (Å²) in [5, 5.41) is 7.63. The molecule has 0 saturated carbocycles. The highest BCUT2D eigenvalue weighted by molar-refractivity contribution is 4.72. The maximum absolute atomic E-state index is 13.1. The predicted molar refractivity (Wildman–Crippen MR) is 44.8 cm³/mol. The molecule has 2 unspecified atom stereocenters. The zero-order chi connectivity index (χ0) is 9.68. The topological polar surface area (TPSA) is 66.0 Å². The molecule has 1 heterocycles. The van der Waals surface area contributed by atoms with Crippen LogP contribution in [0.5, 0.6) is 0 Å². The lowest BCUT2D eigenvalue weighted by atomic mass is 10.2. The highest BCUT2D eigenvalue weighted by Gasteiger charge is 2.17. The molecular formula is C7H13FN4O. The van der Waals surface area contributed by atoms with Gasteiger partial charge in [0.05, 0.1) is 31.6 Å². The van der Waals surface area contributed by atoms with Crippen LogP contribution in [0.1, 0.15) is 0 Å². The minimum atomic E-state index is -1.18. The second-order valence-corrected chi connectivity index (χ2v) is 2.72. The van der Waals surface area contributed by atoms with Crippen molar-refractivity contribution in [2.75, 3.05) is 13.7 Å². The molecule has 0 aromatic carbocycles. The van der Waals surface area contributed by atoms with Crippen molar-refractivity contribution in [2.24, 2.45) is 5.73 Å². The normalized spacial score (nSPS) is 15.6. The zero-order valence-electron chi connectivity index (χ0n) is 7.43. The Balaban J connectivity index is 2.36. The minimum absolute atomic E-state index is 0.00242. The Morgan fingerprint density at radius 2 is 2.15 bits per heavy atom. The summed E-state index contributed by atoms with van der Waals surface area (Å²) in [5.41, 5.74) is 5.54. The Kier molecular flexibility index (Phi) is 3.78. The van der Waals surface area contributed by atoms with E-state index in [1.54, 1.807) is 0 Å². The largest absolute Gasteiger partial charge is 0.382 e. The zero-order valence-corrected chi connectivity index (χ0v) is 7.43. The third kappa shape index (κ3) is 3.08. The average molecular weight is 188 g/mol. The molecule has 0 aliphatic carbocycles. The Morgan fingerprint density at radius 1 is 1.54 bits per heavy atom. The highest BCUT2D eigenvalue weighted by Crippen LogP contribution is 1.99. The molecule has 0 spiro atoms. The Morgan fingerprint density at radius 3 is 2.69 bits per heavy atom. The Bertz CT molecular complexity index is 228. The van der Waals surface area contributed by atoms with Crippen molar-refractivity contribution in [3.8, 4) is 0 Å². The van der Waals surface area contributed by atoms with Crippen LogP contribution in [0.4, 0.5) is 4.39 Å². The molecule has 0 amide bonds. The van der Waals surface area contributed by atoms with Crippen molar-refractivity contribution in [3.05, 3.63) is 12.4 Å². The number of nitrogens with zero attached hydrogens (tertiary/aromatic N) is 3. The number of hydrogen-bond acceptors (Lipinski definition) is 4. The van der Waals surface area contributed by atoms with Gasteiger partial charge in [0, 0.05) is 7.11 Å². The quantitative estimate of drug-likeness (QED) is 0.682. The molecule has 74 valence electrons. The first-order valence-corrected chi connectivity index (χ1v) is 3.96. The summed E-state index contributed by atoms with van der Waals surface area (Å²) in [6.45, 7) is 0.264. The van der Waals surface area contributed by atoms with Crippen molar-refractivity contribution in [3.63, 3.8) is 0 Å². The Hall–Kier alpha value is -1.01. The van der Waals surface area contributed by atoms with E-state index in [9.17, 15) is 4.39 Å². The van der Waals surface area contributed by atoms with E-state index < -0.39 is 12.2 Å². The molecule has 0 aliphatic rings. The van der Waals surface area contributed by atoms with E-state index in [-0.39, 0.29) is 13.2 Å². The van der Waals surface area contributed by atoms with Gasteiger partial charge in [0.2, 0.25) is 0 Å². The van der Waals surface area contributed by atoms with E-state index in [1.165, 1.54) is 24.3 Å². The van der Waals surface area contributed by atoms with Crippen LogP contribution in [-0.4, -0.2) is 40.9 Å². The molecule has 0 bridgehead atoms. The van der Waals surface area contributed by atoms with Gasteiger partial charge in [-0.25, -0.2) is 4.39 Å². The standard InChI is InChI=1S/C7H13FN4O/c1-13-5-6(8)7(9)4-12-10-2-3-11-12/h2-3,6-7H,4-5,9H2,1H3. The average Bonchev–Trinajstić information content (AvgIpc) is 2.57. The summed E-state index contributed by atoms with van der Waals surface area (Å²) < 4.78 is 17.7. The lowest BCUT2D eigenvalue weighted by molar-refractivity contribution is 0.102. The van der Waals surface area contributed by atoms with Gasteiger partial charge < -0.3 is 10.5 Å². The van der Waals surface area contributed by atoms with Gasteiger partial charge in [0.15, 0.2) is 0 Å². The summed E-state index contributed by atoms with van der Waals surface area (Å²) in [7, 11) is 1.44. The summed E-state index contributed by atoms with van der Waals surface area (Å²) >= 11 is 0. The number of methoxy groups -OCH3 is 1. The van der Waals surface area contributed by atoms with E-state index in [1.807, 2.05) is 0 Å². The molecule has 0 aliphatic heterocycles. The van der Waals surface area contributed by atoms with E-state index >= 15 is 0 Å². The van der Waals surface area contributed by atoms with Crippen LogP contribution in [0.2, 0.25) is 0 Å². The minimum Gasteiger partial charge on any atom is -0.382 e. The molecule has 1 rings (SSSR count). The summed E-state index contributed by atoms with van der Waals surface area (Å²) in [5.74, 6) is 0. The Labute approximate surface area is 75.7 Å². The van der Waals surface area contributed by atoms with E-state index in [0.717, 1.165) is 0 Å². The van der Waals surface area contributed by atoms with Gasteiger partial charge in [0.25, 0.3) is 0 Å². The second kappa shape index (κ2) is 4.88. The van der Waals surface area contributed by atoms with E-state index in [0.29, 0.717) is 0 Å². The summed E-state index contributed by atoms with van der Waals surface area (Å²) in [4.78, 5) is 1.35. The van der Waals surface area contributed by atoms with Crippen LogP contribution in [0.25, 0.3) is 0 Å². The number of halogens is 1. The number of hydrogen-bond donors (Lipinski definition) is 1. The number of rotatable bonds is 5. The monoisotopic (exact) mass is 188 g/mol. The van der Waals surface area contributed by atoms with E-state index in [4.69, 9.17) is 5.73 Å². The van der Waals surface area contributed by atoms with Crippen LogP contribution in [0, 0.1) is 0 Å². The molecule has 2 N–H and O–H groups in total. The van der Waals surface area contributed by atoms with Gasteiger partial charge in [-0.3, -0.25) is 0 Å². The molecule has 6 heteroatoms. The first kappa shape index (κ1) is 10.1. The van der Waals surface area contributed by atoms with Gasteiger partial charge in [-0.2, -0.15) is 15.0 Å². The molecule has 0 saturated heterocycles. The van der Waals surface area contributed by atoms with Crippen LogP contribution in [-0.2, 0) is 11.3 Å². The molecular weight excluding hydrogens is 175 g/mol. The number of nitrogens with two attached hydrogens (primary N) is 1. The van der Waals surface area contributed by atoms with Crippen molar-refractivity contribution < 1.29 is 9.13 Å². The number of ether oxygens (including phenoxy) is 1. The maximum Gasteiger partial charge on any atom is 0.140 e. The lowest BCUT2D eigenvalue weighted by Crippen LogP contribution is -2.39. The molecule has 1 aromatic rings. The highest BCUT2D eigenvalue weighted by atomic mass is 19.1. The molecule has 1 aromatic heterocycles. The van der Waals surface area contributed by atoms with Crippen LogP contribution < -0.4 is 5.73 Å². The van der Waals surface area contributed by atoms with E-state index in [2.05, 4.69) is 14.9 Å². The van der Waals surface area contributed by atoms with Gasteiger partial charge in [-0.1, -0.05) is 0 Å². The molecule has 0 radical (unpaired) electrons. The SMILES string of the molecule is COCC(F)C(N)Cn1nccn1. The van der Waals surface area contributed by atoms with Crippen molar-refractivity contribution in [2.45, 2.75) is 18.8 Å². The van der Waals surface area contributed by atoms with Crippen molar-refractivity contribution >= 4 is 0 Å². The fourth-order valence-corrected chi connectivity index (χ4v) is 0.923. The smallest absolute Gasteiger partial charge is 0.140 e. The molecule has 2 atom stereocenters. The van der Waals surface area contributed by atoms with Crippen molar-refractivity contribution in [1.82, 2.24) is 15.0 Å². The van der Waals surface area contributed by atoms with Crippen LogP contribution in [0.15, 0.2) is 12.4 Å². The van der Waals surface area contributed by atoms with Gasteiger partial charge in [0.1, 0.15) is 6.17 Å². The molecule has 0 fully saturated rings. The van der Waals surface area contributed by atoms with Gasteiger partial charge in [-0.05, 0) is 0 Å². The molecule has 5 nitrogen and oxygen atoms in total. The fraction of sp³-hybridized carbons (Fsp3) is 0.714. The van der Waals surface area contributed by atoms with Crippen LogP contribution in [0.3, 0.4) is 0 Å². The summed E-state index contributed by atoms with van der Waals surface area (Å²) in [6.07, 6.45) is 1.86. The first-order chi connectivity index (χ1) is 6.24. The maximum atomic E-state index is 13.1. The first-order valence-electron chi connectivity index (χ1n) is 3.96. The molecule has 13 heavy (non-hydrogen) atoms. The third-order valence-electron chi connectivity index (χ3n) is 1.63. The lowest BCUT2D eigenvalue weighted by Gasteiger charge is -2.14. The fourth-order valence-electron chi connectivity index (χ4n) is 0.923.